The van der Waals surface area contributed by atoms with Gasteiger partial charge in [0.25, 0.3) is 0 Å². The molecule has 2 saturated carbocycles. The molecule has 98 valence electrons. The maximum absolute atomic E-state index is 6.47. The zero-order valence-corrected chi connectivity index (χ0v) is 11.9. The minimum atomic E-state index is -0.401. The van der Waals surface area contributed by atoms with Crippen LogP contribution >= 0.6 is 0 Å². The van der Waals surface area contributed by atoms with E-state index in [-0.39, 0.29) is 5.60 Å². The molecule has 0 unspecified atom stereocenters. The summed E-state index contributed by atoms with van der Waals surface area (Å²) in [6, 6.07) is 0. The topological polar surface area (TPSA) is 18.5 Å². The Kier molecular flexibility index (Phi) is 2.17. The maximum atomic E-state index is 6.47. The molecule has 0 radical (unpaired) electrons. The Morgan fingerprint density at radius 1 is 1.00 bits per heavy atom. The third kappa shape index (κ3) is 1.29. The van der Waals surface area contributed by atoms with E-state index in [2.05, 4.69) is 34.6 Å². The van der Waals surface area contributed by atoms with Gasteiger partial charge in [0.05, 0.1) is 12.2 Å². The van der Waals surface area contributed by atoms with Crippen molar-refractivity contribution in [3.8, 4) is 0 Å². The molecule has 0 amide bonds. The fraction of sp³-hybridized carbons (Fsp3) is 1.00. The second-order valence-electron chi connectivity index (χ2n) is 7.59. The summed E-state index contributed by atoms with van der Waals surface area (Å²) < 4.78 is 12.2. The largest absolute Gasteiger partial charge is 0.350 e. The molecule has 2 nitrogen and oxygen atoms in total. The predicted molar refractivity (Wildman–Crippen MR) is 67.7 cm³/mol. The second kappa shape index (κ2) is 3.08. The number of rotatable bonds is 0. The zero-order chi connectivity index (χ0) is 12.5. The third-order valence-electron chi connectivity index (χ3n) is 6.41. The highest BCUT2D eigenvalue weighted by Gasteiger charge is 2.70. The standard InChI is InChI=1S/C15H26O2/c1-12(2)11-6-7-14(12,5)15(10-11)8-9-16-13(3,4)17-15/h11H,6-10H2,1-5H3/t11-,14-,15-/m1/s1. The summed E-state index contributed by atoms with van der Waals surface area (Å²) in [6.45, 7) is 12.3. The van der Waals surface area contributed by atoms with Gasteiger partial charge in [0.15, 0.2) is 5.79 Å². The highest BCUT2D eigenvalue weighted by molar-refractivity contribution is 5.19. The monoisotopic (exact) mass is 238 g/mol. The van der Waals surface area contributed by atoms with E-state index in [9.17, 15) is 0 Å². The average Bonchev–Trinajstić information content (AvgIpc) is 2.48. The molecular formula is C15H26O2. The summed E-state index contributed by atoms with van der Waals surface area (Å²) in [6.07, 6.45) is 5.02. The molecule has 2 bridgehead atoms. The Labute approximate surface area is 105 Å². The van der Waals surface area contributed by atoms with Crippen molar-refractivity contribution in [3.63, 3.8) is 0 Å². The Morgan fingerprint density at radius 3 is 2.18 bits per heavy atom. The lowest BCUT2D eigenvalue weighted by Gasteiger charge is -2.54. The smallest absolute Gasteiger partial charge is 0.163 e. The molecule has 3 atom stereocenters. The van der Waals surface area contributed by atoms with Crippen molar-refractivity contribution < 1.29 is 9.47 Å². The lowest BCUT2D eigenvalue weighted by atomic mass is 9.63. The molecule has 2 heteroatoms. The van der Waals surface area contributed by atoms with E-state index < -0.39 is 5.79 Å². The van der Waals surface area contributed by atoms with Crippen LogP contribution in [0.4, 0.5) is 0 Å². The summed E-state index contributed by atoms with van der Waals surface area (Å²) in [7, 11) is 0. The second-order valence-corrected chi connectivity index (χ2v) is 7.59. The summed E-state index contributed by atoms with van der Waals surface area (Å²) >= 11 is 0. The van der Waals surface area contributed by atoms with Gasteiger partial charge < -0.3 is 9.47 Å². The normalized spacial score (nSPS) is 51.0. The zero-order valence-electron chi connectivity index (χ0n) is 11.9. The molecule has 3 rings (SSSR count). The molecule has 2 aliphatic carbocycles. The summed E-state index contributed by atoms with van der Waals surface area (Å²) in [5, 5.41) is 0. The lowest BCUT2D eigenvalue weighted by molar-refractivity contribution is -0.338. The Balaban J connectivity index is 2.00. The van der Waals surface area contributed by atoms with E-state index in [1.54, 1.807) is 0 Å². The maximum Gasteiger partial charge on any atom is 0.163 e. The van der Waals surface area contributed by atoms with Crippen LogP contribution in [0.15, 0.2) is 0 Å². The molecule has 3 fully saturated rings. The van der Waals surface area contributed by atoms with Gasteiger partial charge in [0.1, 0.15) is 0 Å². The number of ether oxygens (including phenoxy) is 2. The molecule has 1 spiro atoms. The van der Waals surface area contributed by atoms with E-state index in [1.165, 1.54) is 19.3 Å². The van der Waals surface area contributed by atoms with Crippen LogP contribution in [0.3, 0.4) is 0 Å². The first-order valence-corrected chi connectivity index (χ1v) is 7.07. The first-order valence-electron chi connectivity index (χ1n) is 7.07. The van der Waals surface area contributed by atoms with Gasteiger partial charge in [0.2, 0.25) is 0 Å². The van der Waals surface area contributed by atoms with E-state index in [0.717, 1.165) is 18.9 Å². The molecule has 1 saturated heterocycles. The Bertz CT molecular complexity index is 347. The molecule has 1 heterocycles. The van der Waals surface area contributed by atoms with Crippen LogP contribution in [-0.2, 0) is 9.47 Å². The summed E-state index contributed by atoms with van der Waals surface area (Å²) in [5.41, 5.74) is 0.813. The minimum Gasteiger partial charge on any atom is -0.350 e. The van der Waals surface area contributed by atoms with E-state index >= 15 is 0 Å². The van der Waals surface area contributed by atoms with E-state index in [4.69, 9.17) is 9.47 Å². The Hall–Kier alpha value is -0.0800. The molecule has 0 aromatic heterocycles. The van der Waals surface area contributed by atoms with Crippen molar-refractivity contribution in [1.82, 2.24) is 0 Å². The number of hydrogen-bond acceptors (Lipinski definition) is 2. The van der Waals surface area contributed by atoms with Crippen LogP contribution in [-0.4, -0.2) is 18.0 Å². The third-order valence-corrected chi connectivity index (χ3v) is 6.41. The fourth-order valence-corrected chi connectivity index (χ4v) is 4.94. The molecule has 17 heavy (non-hydrogen) atoms. The van der Waals surface area contributed by atoms with Crippen LogP contribution in [0, 0.1) is 16.7 Å². The highest BCUT2D eigenvalue weighted by atomic mass is 16.7. The van der Waals surface area contributed by atoms with Gasteiger partial charge >= 0.3 is 0 Å². The van der Waals surface area contributed by atoms with Crippen molar-refractivity contribution in [3.05, 3.63) is 0 Å². The average molecular weight is 238 g/mol. The Morgan fingerprint density at radius 2 is 1.71 bits per heavy atom. The van der Waals surface area contributed by atoms with E-state index in [1.807, 2.05) is 0 Å². The van der Waals surface area contributed by atoms with Gasteiger partial charge in [0, 0.05) is 11.8 Å². The SMILES string of the molecule is CC1(C)OCC[C@]2(C[C@H]3CC[C@]2(C)C3(C)C)O1. The van der Waals surface area contributed by atoms with Crippen molar-refractivity contribution in [2.45, 2.75) is 71.7 Å². The van der Waals surface area contributed by atoms with Crippen LogP contribution in [0.25, 0.3) is 0 Å². The molecule has 3 aliphatic rings. The fourth-order valence-electron chi connectivity index (χ4n) is 4.94. The quantitative estimate of drug-likeness (QED) is 0.640. The van der Waals surface area contributed by atoms with Crippen molar-refractivity contribution in [1.29, 1.82) is 0 Å². The van der Waals surface area contributed by atoms with Gasteiger partial charge in [-0.1, -0.05) is 20.8 Å². The molecule has 0 N–H and O–H groups in total. The van der Waals surface area contributed by atoms with Crippen molar-refractivity contribution in [2.24, 2.45) is 16.7 Å². The van der Waals surface area contributed by atoms with Gasteiger partial charge in [-0.2, -0.15) is 0 Å². The van der Waals surface area contributed by atoms with Gasteiger partial charge in [-0.15, -0.1) is 0 Å². The number of fused-ring (bicyclic) bond motifs is 3. The summed E-state index contributed by atoms with van der Waals surface area (Å²) in [5.74, 6) is 0.434. The molecule has 0 aromatic rings. The molecule has 1 aliphatic heterocycles. The number of hydrogen-bond donors (Lipinski definition) is 0. The van der Waals surface area contributed by atoms with Gasteiger partial charge in [-0.3, -0.25) is 0 Å². The highest BCUT2D eigenvalue weighted by Crippen LogP contribution is 2.72. The van der Waals surface area contributed by atoms with Crippen LogP contribution in [0.5, 0.6) is 0 Å². The lowest BCUT2D eigenvalue weighted by Crippen LogP contribution is -2.57. The van der Waals surface area contributed by atoms with Gasteiger partial charge in [-0.05, 0) is 44.4 Å². The van der Waals surface area contributed by atoms with Crippen molar-refractivity contribution in [2.75, 3.05) is 6.61 Å². The molecular weight excluding hydrogens is 212 g/mol. The van der Waals surface area contributed by atoms with E-state index in [0.29, 0.717) is 10.8 Å². The molecule has 0 aromatic carbocycles. The van der Waals surface area contributed by atoms with Gasteiger partial charge in [-0.25, -0.2) is 0 Å². The first-order chi connectivity index (χ1) is 7.73. The first kappa shape index (κ1) is 12.0. The van der Waals surface area contributed by atoms with Crippen LogP contribution in [0.2, 0.25) is 0 Å². The minimum absolute atomic E-state index is 0.0706. The van der Waals surface area contributed by atoms with Crippen LogP contribution < -0.4 is 0 Å². The van der Waals surface area contributed by atoms with Crippen molar-refractivity contribution >= 4 is 0 Å². The summed E-state index contributed by atoms with van der Waals surface area (Å²) in [4.78, 5) is 0. The van der Waals surface area contributed by atoms with Crippen LogP contribution in [0.1, 0.15) is 60.3 Å². The predicted octanol–water partition coefficient (Wildman–Crippen LogP) is 3.74.